The summed E-state index contributed by atoms with van der Waals surface area (Å²) in [7, 11) is 0. The second kappa shape index (κ2) is 5.54. The van der Waals surface area contributed by atoms with Crippen molar-refractivity contribution in [1.29, 1.82) is 0 Å². The molecule has 25 heavy (non-hydrogen) atoms. The lowest BCUT2D eigenvalue weighted by molar-refractivity contribution is 0.103. The van der Waals surface area contributed by atoms with E-state index < -0.39 is 0 Å². The molecule has 0 aromatic carbocycles. The molecule has 1 N–H and O–H groups in total. The van der Waals surface area contributed by atoms with Crippen molar-refractivity contribution in [3.63, 3.8) is 0 Å². The molecule has 2 saturated carbocycles. The highest BCUT2D eigenvalue weighted by molar-refractivity contribution is 7.21. The molecule has 2 aliphatic rings. The second-order valence-electron chi connectivity index (χ2n) is 6.85. The van der Waals surface area contributed by atoms with E-state index in [2.05, 4.69) is 20.5 Å². The Morgan fingerprint density at radius 2 is 1.80 bits per heavy atom. The SMILES string of the molecule is Cc1nc(C2CC2)nc2sc(C(=O)Nc3nnc(C4CC4)s3)c(C)c12. The van der Waals surface area contributed by atoms with E-state index in [4.69, 9.17) is 4.98 Å². The highest BCUT2D eigenvalue weighted by Gasteiger charge is 2.29. The van der Waals surface area contributed by atoms with Crippen molar-refractivity contribution >= 4 is 43.9 Å². The van der Waals surface area contributed by atoms with Crippen LogP contribution >= 0.6 is 22.7 Å². The van der Waals surface area contributed by atoms with Crippen LogP contribution in [-0.4, -0.2) is 26.1 Å². The number of aromatic nitrogens is 4. The van der Waals surface area contributed by atoms with Crippen LogP contribution in [0.15, 0.2) is 0 Å². The van der Waals surface area contributed by atoms with Crippen molar-refractivity contribution in [1.82, 2.24) is 20.2 Å². The van der Waals surface area contributed by atoms with Gasteiger partial charge in [0.25, 0.3) is 5.91 Å². The number of hydrogen-bond acceptors (Lipinski definition) is 7. The van der Waals surface area contributed by atoms with Crippen LogP contribution in [-0.2, 0) is 0 Å². The summed E-state index contributed by atoms with van der Waals surface area (Å²) < 4.78 is 0. The molecule has 128 valence electrons. The molecule has 3 aromatic rings. The lowest BCUT2D eigenvalue weighted by Gasteiger charge is -2.02. The molecule has 8 heteroatoms. The summed E-state index contributed by atoms with van der Waals surface area (Å²) in [6.45, 7) is 3.97. The van der Waals surface area contributed by atoms with Crippen molar-refractivity contribution in [2.24, 2.45) is 0 Å². The molecule has 0 saturated heterocycles. The normalized spacial score (nSPS) is 17.2. The molecule has 5 rings (SSSR count). The Bertz CT molecular complexity index is 1000. The summed E-state index contributed by atoms with van der Waals surface area (Å²) in [5.41, 5.74) is 1.91. The topological polar surface area (TPSA) is 80.7 Å². The molecule has 0 atom stereocenters. The van der Waals surface area contributed by atoms with Gasteiger partial charge in [-0.3, -0.25) is 10.1 Å². The van der Waals surface area contributed by atoms with E-state index in [9.17, 15) is 4.79 Å². The van der Waals surface area contributed by atoms with Crippen LogP contribution in [0.2, 0.25) is 0 Å². The minimum atomic E-state index is -0.133. The number of hydrogen-bond donors (Lipinski definition) is 1. The van der Waals surface area contributed by atoms with Gasteiger partial charge in [0.2, 0.25) is 5.13 Å². The lowest BCUT2D eigenvalue weighted by Crippen LogP contribution is -2.11. The van der Waals surface area contributed by atoms with Gasteiger partial charge in [0.1, 0.15) is 15.7 Å². The molecule has 3 heterocycles. The second-order valence-corrected chi connectivity index (χ2v) is 8.86. The van der Waals surface area contributed by atoms with Crippen molar-refractivity contribution in [3.05, 3.63) is 27.0 Å². The zero-order valence-corrected chi connectivity index (χ0v) is 15.6. The van der Waals surface area contributed by atoms with Crippen LogP contribution in [0.4, 0.5) is 5.13 Å². The molecule has 0 bridgehead atoms. The van der Waals surface area contributed by atoms with Gasteiger partial charge in [0, 0.05) is 17.2 Å². The number of anilines is 1. The van der Waals surface area contributed by atoms with Crippen LogP contribution in [0, 0.1) is 13.8 Å². The van der Waals surface area contributed by atoms with E-state index in [-0.39, 0.29) is 5.91 Å². The van der Waals surface area contributed by atoms with Gasteiger partial charge in [-0.15, -0.1) is 21.5 Å². The Hall–Kier alpha value is -1.93. The Morgan fingerprint density at radius 3 is 2.52 bits per heavy atom. The summed E-state index contributed by atoms with van der Waals surface area (Å²) >= 11 is 2.92. The predicted octanol–water partition coefficient (Wildman–Crippen LogP) is 4.17. The summed E-state index contributed by atoms with van der Waals surface area (Å²) in [6.07, 6.45) is 4.70. The van der Waals surface area contributed by atoms with Crippen molar-refractivity contribution in [2.75, 3.05) is 5.32 Å². The Kier molecular flexibility index (Phi) is 3.40. The maximum atomic E-state index is 12.7. The van der Waals surface area contributed by atoms with E-state index in [1.165, 1.54) is 48.4 Å². The molecule has 2 fully saturated rings. The van der Waals surface area contributed by atoms with Gasteiger partial charge in [-0.2, -0.15) is 0 Å². The maximum Gasteiger partial charge on any atom is 0.267 e. The fraction of sp³-hybridized carbons (Fsp3) is 0.471. The van der Waals surface area contributed by atoms with E-state index >= 15 is 0 Å². The Balaban J connectivity index is 1.47. The summed E-state index contributed by atoms with van der Waals surface area (Å²) in [6, 6.07) is 0. The molecule has 0 radical (unpaired) electrons. The first-order valence-corrected chi connectivity index (χ1v) is 10.2. The van der Waals surface area contributed by atoms with Gasteiger partial charge in [0.15, 0.2) is 0 Å². The van der Waals surface area contributed by atoms with Crippen LogP contribution in [0.25, 0.3) is 10.2 Å². The number of aryl methyl sites for hydroxylation is 2. The zero-order chi connectivity index (χ0) is 17.1. The Labute approximate surface area is 152 Å². The first-order valence-electron chi connectivity index (χ1n) is 8.52. The fourth-order valence-electron chi connectivity index (χ4n) is 3.03. The number of carbonyl (C=O) groups is 1. The van der Waals surface area contributed by atoms with E-state index in [0.717, 1.165) is 32.3 Å². The predicted molar refractivity (Wildman–Crippen MR) is 98.7 cm³/mol. The average molecular weight is 371 g/mol. The third kappa shape index (κ3) is 2.73. The number of carbonyl (C=O) groups excluding carboxylic acids is 1. The lowest BCUT2D eigenvalue weighted by atomic mass is 10.1. The molecule has 0 spiro atoms. The molecule has 0 aliphatic heterocycles. The molecular weight excluding hydrogens is 354 g/mol. The van der Waals surface area contributed by atoms with Gasteiger partial charge >= 0.3 is 0 Å². The minimum Gasteiger partial charge on any atom is -0.296 e. The largest absolute Gasteiger partial charge is 0.296 e. The number of thiophene rings is 1. The molecule has 2 aliphatic carbocycles. The summed E-state index contributed by atoms with van der Waals surface area (Å²) in [5.74, 6) is 1.85. The Morgan fingerprint density at radius 1 is 1.04 bits per heavy atom. The molecule has 6 nitrogen and oxygen atoms in total. The van der Waals surface area contributed by atoms with Crippen molar-refractivity contribution in [3.8, 4) is 0 Å². The van der Waals surface area contributed by atoms with Crippen LogP contribution in [0.5, 0.6) is 0 Å². The number of amides is 1. The first kappa shape index (κ1) is 15.3. The zero-order valence-electron chi connectivity index (χ0n) is 14.0. The fourth-order valence-corrected chi connectivity index (χ4v) is 5.08. The first-order chi connectivity index (χ1) is 12.1. The van der Waals surface area contributed by atoms with Gasteiger partial charge in [-0.1, -0.05) is 11.3 Å². The van der Waals surface area contributed by atoms with Crippen LogP contribution in [0.1, 0.15) is 69.3 Å². The number of nitrogens with zero attached hydrogens (tertiary/aromatic N) is 4. The quantitative estimate of drug-likeness (QED) is 0.744. The van der Waals surface area contributed by atoms with Crippen LogP contribution < -0.4 is 5.32 Å². The van der Waals surface area contributed by atoms with Gasteiger partial charge in [0.05, 0.1) is 10.6 Å². The maximum absolute atomic E-state index is 12.7. The molecule has 0 unspecified atom stereocenters. The van der Waals surface area contributed by atoms with Crippen LogP contribution in [0.3, 0.4) is 0 Å². The van der Waals surface area contributed by atoms with Crippen molar-refractivity contribution in [2.45, 2.75) is 51.4 Å². The standard InChI is InChI=1S/C17H17N5OS2/c1-7-11-8(2)18-13(9-3-4-9)19-16(11)24-12(7)14(23)20-17-22-21-15(25-17)10-5-6-10/h9-10H,3-6H2,1-2H3,(H,20,22,23). The van der Waals surface area contributed by atoms with E-state index in [1.54, 1.807) is 0 Å². The summed E-state index contributed by atoms with van der Waals surface area (Å²) in [4.78, 5) is 23.7. The summed E-state index contributed by atoms with van der Waals surface area (Å²) in [5, 5.41) is 13.8. The monoisotopic (exact) mass is 371 g/mol. The van der Waals surface area contributed by atoms with E-state index in [1.807, 2.05) is 13.8 Å². The molecule has 3 aromatic heterocycles. The third-order valence-corrected chi connectivity index (χ3v) is 6.91. The van der Waals surface area contributed by atoms with Crippen molar-refractivity contribution < 1.29 is 4.79 Å². The highest BCUT2D eigenvalue weighted by Crippen LogP contribution is 2.42. The third-order valence-electron chi connectivity index (χ3n) is 4.72. The smallest absolute Gasteiger partial charge is 0.267 e. The highest BCUT2D eigenvalue weighted by atomic mass is 32.1. The number of nitrogens with one attached hydrogen (secondary N) is 1. The number of rotatable bonds is 4. The van der Waals surface area contributed by atoms with E-state index in [0.29, 0.717) is 21.8 Å². The average Bonchev–Trinajstić information content (AvgIpc) is 3.50. The van der Waals surface area contributed by atoms with Gasteiger partial charge in [-0.05, 0) is 45.1 Å². The number of fused-ring (bicyclic) bond motifs is 1. The molecular formula is C17H17N5OS2. The minimum absolute atomic E-state index is 0.133. The van der Waals surface area contributed by atoms with Gasteiger partial charge in [-0.25, -0.2) is 9.97 Å². The van der Waals surface area contributed by atoms with Gasteiger partial charge < -0.3 is 0 Å². The molecule has 1 amide bonds.